The Morgan fingerprint density at radius 1 is 1.57 bits per heavy atom. The molecule has 0 fully saturated rings. The highest BCUT2D eigenvalue weighted by Gasteiger charge is 2.10. The van der Waals surface area contributed by atoms with Gasteiger partial charge in [0.05, 0.1) is 15.6 Å². The van der Waals surface area contributed by atoms with E-state index in [1.807, 2.05) is 6.07 Å². The predicted octanol–water partition coefficient (Wildman–Crippen LogP) is 4.08. The molecule has 72 valence electrons. The van der Waals surface area contributed by atoms with Gasteiger partial charge in [-0.15, -0.1) is 0 Å². The van der Waals surface area contributed by atoms with Crippen molar-refractivity contribution in [3.63, 3.8) is 0 Å². The van der Waals surface area contributed by atoms with Gasteiger partial charge in [0.1, 0.15) is 5.82 Å². The molecular weight excluding hydrogens is 268 g/mol. The third-order valence-corrected chi connectivity index (χ3v) is 2.78. The summed E-state index contributed by atoms with van der Waals surface area (Å²) in [7, 11) is 0. The number of benzene rings is 1. The maximum atomic E-state index is 13.5. The number of hydrogen-bond acceptors (Lipinski definition) is 1. The Kier molecular flexibility index (Phi) is 3.68. The van der Waals surface area contributed by atoms with Gasteiger partial charge in [-0.3, -0.25) is 0 Å². The molecule has 0 saturated heterocycles. The first-order chi connectivity index (χ1) is 6.57. The Hall–Kier alpha value is -0.850. The zero-order valence-corrected chi connectivity index (χ0v) is 9.66. The Labute approximate surface area is 94.9 Å². The summed E-state index contributed by atoms with van der Waals surface area (Å²) >= 11 is 8.88. The van der Waals surface area contributed by atoms with Gasteiger partial charge in [-0.2, -0.15) is 5.26 Å². The second kappa shape index (κ2) is 4.59. The van der Waals surface area contributed by atoms with Gasteiger partial charge in [-0.25, -0.2) is 4.39 Å². The normalized spacial score (nSPS) is 11.9. The van der Waals surface area contributed by atoms with Crippen molar-refractivity contribution in [3.8, 4) is 6.07 Å². The van der Waals surface area contributed by atoms with Crippen LogP contribution in [0.2, 0.25) is 0 Å². The van der Waals surface area contributed by atoms with E-state index < -0.39 is 5.82 Å². The molecule has 0 N–H and O–H groups in total. The smallest absolute Gasteiger partial charge is 0.146 e. The van der Waals surface area contributed by atoms with Crippen LogP contribution in [0.25, 0.3) is 5.03 Å². The molecule has 4 heteroatoms. The second-order valence-corrected chi connectivity index (χ2v) is 3.88. The first-order valence-electron chi connectivity index (χ1n) is 3.78. The average molecular weight is 275 g/mol. The third kappa shape index (κ3) is 2.14. The Morgan fingerprint density at radius 2 is 2.21 bits per heavy atom. The maximum absolute atomic E-state index is 13.5. The van der Waals surface area contributed by atoms with Gasteiger partial charge in [-0.1, -0.05) is 23.7 Å². The van der Waals surface area contributed by atoms with Crippen LogP contribution in [0.3, 0.4) is 0 Å². The van der Waals surface area contributed by atoms with Gasteiger partial charge in [0.25, 0.3) is 0 Å². The largest absolute Gasteiger partial charge is 0.205 e. The molecule has 0 heterocycles. The molecule has 1 rings (SSSR count). The summed E-state index contributed by atoms with van der Waals surface area (Å²) in [5.41, 5.74) is 0.531. The van der Waals surface area contributed by atoms with Crippen molar-refractivity contribution in [3.05, 3.63) is 39.6 Å². The fraction of sp³-hybridized carbons (Fsp3) is 0.100. The molecule has 0 amide bonds. The Balaban J connectivity index is 3.36. The van der Waals surface area contributed by atoms with Crippen molar-refractivity contribution >= 4 is 32.6 Å². The van der Waals surface area contributed by atoms with Crippen molar-refractivity contribution < 1.29 is 4.39 Å². The molecule has 1 nitrogen and oxygen atoms in total. The van der Waals surface area contributed by atoms with E-state index in [0.29, 0.717) is 10.0 Å². The Bertz CT molecular complexity index is 434. The number of rotatable bonds is 1. The fourth-order valence-electron chi connectivity index (χ4n) is 0.924. The SMILES string of the molecule is C/C(C#N)=C(/Cl)c1cccc(Br)c1F. The monoisotopic (exact) mass is 273 g/mol. The molecule has 0 spiro atoms. The first-order valence-corrected chi connectivity index (χ1v) is 4.96. The van der Waals surface area contributed by atoms with Crippen molar-refractivity contribution in [2.75, 3.05) is 0 Å². The summed E-state index contributed by atoms with van der Waals surface area (Å²) in [5, 5.41) is 8.74. The van der Waals surface area contributed by atoms with Crippen LogP contribution in [0.5, 0.6) is 0 Å². The van der Waals surface area contributed by atoms with Crippen LogP contribution in [0, 0.1) is 17.1 Å². The quantitative estimate of drug-likeness (QED) is 0.708. The summed E-state index contributed by atoms with van der Waals surface area (Å²) in [6, 6.07) is 6.64. The van der Waals surface area contributed by atoms with E-state index in [9.17, 15) is 4.39 Å². The van der Waals surface area contributed by atoms with Crippen LogP contribution in [-0.4, -0.2) is 0 Å². The minimum atomic E-state index is -0.452. The lowest BCUT2D eigenvalue weighted by atomic mass is 10.1. The van der Waals surface area contributed by atoms with E-state index in [1.54, 1.807) is 19.1 Å². The molecule has 0 aliphatic carbocycles. The van der Waals surface area contributed by atoms with Gasteiger partial charge < -0.3 is 0 Å². The van der Waals surface area contributed by atoms with Crippen LogP contribution in [0.4, 0.5) is 4.39 Å². The molecule has 0 aliphatic heterocycles. The number of allylic oxidation sites excluding steroid dienone is 1. The summed E-state index contributed by atoms with van der Waals surface area (Å²) in [4.78, 5) is 0. The summed E-state index contributed by atoms with van der Waals surface area (Å²) in [6.45, 7) is 1.54. The lowest BCUT2D eigenvalue weighted by molar-refractivity contribution is 0.618. The number of nitriles is 1. The topological polar surface area (TPSA) is 23.8 Å². The Morgan fingerprint density at radius 3 is 2.79 bits per heavy atom. The van der Waals surface area contributed by atoms with Crippen LogP contribution >= 0.6 is 27.5 Å². The molecule has 1 aromatic rings. The summed E-state index contributed by atoms with van der Waals surface area (Å²) in [5.74, 6) is -0.452. The molecule has 0 aliphatic rings. The lowest BCUT2D eigenvalue weighted by Gasteiger charge is -2.03. The third-order valence-electron chi connectivity index (χ3n) is 1.69. The van der Waals surface area contributed by atoms with Gasteiger partial charge >= 0.3 is 0 Å². The maximum Gasteiger partial charge on any atom is 0.146 e. The molecule has 1 aromatic carbocycles. The highest BCUT2D eigenvalue weighted by atomic mass is 79.9. The molecule has 0 unspecified atom stereocenters. The van der Waals surface area contributed by atoms with Crippen molar-refractivity contribution in [1.82, 2.24) is 0 Å². The lowest BCUT2D eigenvalue weighted by Crippen LogP contribution is -1.88. The number of hydrogen-bond donors (Lipinski definition) is 0. The van der Waals surface area contributed by atoms with Crippen molar-refractivity contribution in [2.24, 2.45) is 0 Å². The average Bonchev–Trinajstić information content (AvgIpc) is 2.20. The minimum Gasteiger partial charge on any atom is -0.205 e. The van der Waals surface area contributed by atoms with Crippen molar-refractivity contribution in [1.29, 1.82) is 5.26 Å². The highest BCUT2D eigenvalue weighted by Crippen LogP contribution is 2.28. The summed E-state index contributed by atoms with van der Waals surface area (Å²) < 4.78 is 13.8. The van der Waals surface area contributed by atoms with Gasteiger partial charge in [0.15, 0.2) is 0 Å². The molecule has 14 heavy (non-hydrogen) atoms. The molecule has 0 radical (unpaired) electrons. The molecule has 0 saturated carbocycles. The van der Waals surface area contributed by atoms with Crippen LogP contribution in [0.15, 0.2) is 28.2 Å². The van der Waals surface area contributed by atoms with Crippen molar-refractivity contribution in [2.45, 2.75) is 6.92 Å². The van der Waals surface area contributed by atoms with Gasteiger partial charge in [0, 0.05) is 11.1 Å². The standard InChI is InChI=1S/C10H6BrClFN/c1-6(5-14)9(12)7-3-2-4-8(11)10(7)13/h2-4H,1H3/b9-6-. The van der Waals surface area contributed by atoms with Gasteiger partial charge in [-0.05, 0) is 28.9 Å². The number of nitrogens with zero attached hydrogens (tertiary/aromatic N) is 1. The second-order valence-electron chi connectivity index (χ2n) is 2.65. The van der Waals surface area contributed by atoms with E-state index in [4.69, 9.17) is 16.9 Å². The van der Waals surface area contributed by atoms with Crippen LogP contribution < -0.4 is 0 Å². The molecule has 0 atom stereocenters. The fourth-order valence-corrected chi connectivity index (χ4v) is 1.48. The van der Waals surface area contributed by atoms with E-state index in [-0.39, 0.29) is 10.6 Å². The molecular formula is C10H6BrClFN. The van der Waals surface area contributed by atoms with Gasteiger partial charge in [0.2, 0.25) is 0 Å². The van der Waals surface area contributed by atoms with Crippen LogP contribution in [0.1, 0.15) is 12.5 Å². The molecule has 0 aromatic heterocycles. The van der Waals surface area contributed by atoms with E-state index in [0.717, 1.165) is 0 Å². The van der Waals surface area contributed by atoms with E-state index in [2.05, 4.69) is 15.9 Å². The van der Waals surface area contributed by atoms with E-state index >= 15 is 0 Å². The van der Waals surface area contributed by atoms with E-state index in [1.165, 1.54) is 6.07 Å². The zero-order valence-electron chi connectivity index (χ0n) is 7.31. The predicted molar refractivity (Wildman–Crippen MR) is 58.2 cm³/mol. The first kappa shape index (κ1) is 11.2. The highest BCUT2D eigenvalue weighted by molar-refractivity contribution is 9.10. The minimum absolute atomic E-state index is 0.145. The molecule has 0 bridgehead atoms. The zero-order chi connectivity index (χ0) is 10.7. The summed E-state index contributed by atoms with van der Waals surface area (Å²) in [6.07, 6.45) is 0. The van der Waals surface area contributed by atoms with Crippen LogP contribution in [-0.2, 0) is 0 Å². The number of halogens is 3.